The van der Waals surface area contributed by atoms with E-state index in [2.05, 4.69) is 47.8 Å². The molecule has 0 radical (unpaired) electrons. The molecule has 0 spiro atoms. The third-order valence-electron chi connectivity index (χ3n) is 3.00. The molecular weight excluding hydrogens is 430 g/mol. The summed E-state index contributed by atoms with van der Waals surface area (Å²) >= 11 is 6.20. The molecule has 116 valence electrons. The van der Waals surface area contributed by atoms with Crippen molar-refractivity contribution in [2.24, 2.45) is 5.11 Å². The number of azide groups is 1. The lowest BCUT2D eigenvalue weighted by Gasteiger charge is -2.15. The maximum absolute atomic E-state index is 12.4. The second-order valence-electron chi connectivity index (χ2n) is 4.41. The summed E-state index contributed by atoms with van der Waals surface area (Å²) < 4.78 is 2.73. The van der Waals surface area contributed by atoms with Gasteiger partial charge in [0.25, 0.3) is 11.1 Å². The van der Waals surface area contributed by atoms with Crippen LogP contribution in [0.15, 0.2) is 47.9 Å². The highest BCUT2D eigenvalue weighted by atomic mass is 79.9. The number of halogens is 2. The van der Waals surface area contributed by atoms with Crippen LogP contribution in [0.1, 0.15) is 5.56 Å². The first-order valence-electron chi connectivity index (χ1n) is 6.26. The first-order chi connectivity index (χ1) is 11.0. The van der Waals surface area contributed by atoms with E-state index in [9.17, 15) is 9.59 Å². The van der Waals surface area contributed by atoms with E-state index in [0.29, 0.717) is 5.69 Å². The third kappa shape index (κ3) is 3.56. The highest BCUT2D eigenvalue weighted by molar-refractivity contribution is 9.13. The van der Waals surface area contributed by atoms with Crippen molar-refractivity contribution >= 4 is 37.5 Å². The van der Waals surface area contributed by atoms with E-state index < -0.39 is 5.56 Å². The van der Waals surface area contributed by atoms with E-state index in [1.165, 1.54) is 9.36 Å². The Labute approximate surface area is 147 Å². The van der Waals surface area contributed by atoms with Crippen molar-refractivity contribution in [3.63, 3.8) is 0 Å². The van der Waals surface area contributed by atoms with Gasteiger partial charge in [0, 0.05) is 10.6 Å². The minimum absolute atomic E-state index is 0.0310. The van der Waals surface area contributed by atoms with Crippen LogP contribution in [0.5, 0.6) is 0 Å². The third-order valence-corrected chi connectivity index (χ3v) is 5.00. The molecule has 0 bridgehead atoms. The van der Waals surface area contributed by atoms with Crippen molar-refractivity contribution in [2.75, 3.05) is 0 Å². The summed E-state index contributed by atoms with van der Waals surface area (Å²) in [6.45, 7) is 0.120. The van der Waals surface area contributed by atoms with Crippen LogP contribution in [-0.2, 0) is 13.1 Å². The first kappa shape index (κ1) is 17.1. The lowest BCUT2D eigenvalue weighted by atomic mass is 10.2. The molecular formula is C14H9Br2N5O2. The zero-order valence-corrected chi connectivity index (χ0v) is 14.8. The largest absolute Gasteiger partial charge is 0.281 e. The van der Waals surface area contributed by atoms with Crippen LogP contribution in [0, 0.1) is 12.3 Å². The number of nitrogens with zero attached hydrogens (tertiary/aromatic N) is 5. The van der Waals surface area contributed by atoms with Crippen molar-refractivity contribution in [1.29, 1.82) is 0 Å². The summed E-state index contributed by atoms with van der Waals surface area (Å²) in [6, 6.07) is 6.66. The molecule has 0 aliphatic rings. The molecule has 0 saturated heterocycles. The average Bonchev–Trinajstić information content (AvgIpc) is 2.56. The highest BCUT2D eigenvalue weighted by Gasteiger charge is 2.15. The molecule has 0 atom stereocenters. The predicted octanol–water partition coefficient (Wildman–Crippen LogP) is 3.16. The average molecular weight is 439 g/mol. The number of rotatable bonds is 4. The van der Waals surface area contributed by atoms with Gasteiger partial charge in [-0.25, -0.2) is 9.36 Å². The van der Waals surface area contributed by atoms with E-state index in [1.807, 2.05) is 0 Å². The smallest absolute Gasteiger partial charge is 0.267 e. The Hall–Kier alpha value is -2.27. The maximum Gasteiger partial charge on any atom is 0.281 e. The molecule has 0 aliphatic heterocycles. The van der Waals surface area contributed by atoms with E-state index in [1.54, 1.807) is 24.3 Å². The fourth-order valence-electron chi connectivity index (χ4n) is 1.93. The quantitative estimate of drug-likeness (QED) is 0.317. The summed E-state index contributed by atoms with van der Waals surface area (Å²) in [5, 5.41) is 3.48. The molecule has 1 aromatic carbocycles. The van der Waals surface area contributed by atoms with Gasteiger partial charge in [-0.3, -0.25) is 9.59 Å². The van der Waals surface area contributed by atoms with Gasteiger partial charge in [-0.05, 0) is 43.0 Å². The minimum Gasteiger partial charge on any atom is -0.267 e. The van der Waals surface area contributed by atoms with Crippen molar-refractivity contribution in [3.8, 4) is 12.3 Å². The van der Waals surface area contributed by atoms with E-state index in [-0.39, 0.29) is 27.6 Å². The molecule has 23 heavy (non-hydrogen) atoms. The van der Waals surface area contributed by atoms with E-state index in [0.717, 1.165) is 5.56 Å². The lowest BCUT2D eigenvalue weighted by molar-refractivity contribution is 0.470. The van der Waals surface area contributed by atoms with Crippen LogP contribution in [0.2, 0.25) is 0 Å². The van der Waals surface area contributed by atoms with Crippen molar-refractivity contribution in [1.82, 2.24) is 9.36 Å². The Kier molecular flexibility index (Phi) is 5.45. The number of terminal acetylenes is 1. The van der Waals surface area contributed by atoms with E-state index >= 15 is 0 Å². The molecule has 1 heterocycles. The molecule has 2 aromatic rings. The van der Waals surface area contributed by atoms with Crippen LogP contribution in [0.3, 0.4) is 0 Å². The van der Waals surface area contributed by atoms with Gasteiger partial charge in [0.05, 0.1) is 6.54 Å². The minimum atomic E-state index is -0.403. The number of hydrogen-bond donors (Lipinski definition) is 0. The monoisotopic (exact) mass is 437 g/mol. The van der Waals surface area contributed by atoms with Gasteiger partial charge in [0.15, 0.2) is 0 Å². The summed E-state index contributed by atoms with van der Waals surface area (Å²) in [7, 11) is 0. The first-order valence-corrected chi connectivity index (χ1v) is 7.84. The summed E-state index contributed by atoms with van der Waals surface area (Å²) in [5.74, 6) is 2.36. The zero-order valence-electron chi connectivity index (χ0n) is 11.6. The predicted molar refractivity (Wildman–Crippen MR) is 93.5 cm³/mol. The molecule has 0 unspecified atom stereocenters. The highest BCUT2D eigenvalue weighted by Crippen LogP contribution is 2.16. The van der Waals surface area contributed by atoms with Crippen molar-refractivity contribution in [2.45, 2.75) is 13.1 Å². The van der Waals surface area contributed by atoms with Crippen molar-refractivity contribution < 1.29 is 0 Å². The van der Waals surface area contributed by atoms with Crippen LogP contribution in [-0.4, -0.2) is 9.36 Å². The molecule has 0 saturated carbocycles. The van der Waals surface area contributed by atoms with Crippen LogP contribution in [0.25, 0.3) is 10.4 Å². The van der Waals surface area contributed by atoms with Gasteiger partial charge in [-0.2, -0.15) is 0 Å². The molecule has 0 fully saturated rings. The van der Waals surface area contributed by atoms with Crippen molar-refractivity contribution in [3.05, 3.63) is 69.9 Å². The standard InChI is InChI=1S/C14H9Br2N5O2/c1-2-7-20-13(22)11(15)12(16)14(23)21(20)8-9-3-5-10(6-4-9)18-19-17/h1,3-6H,7-8H2. The fraction of sp³-hybridized carbons (Fsp3) is 0.143. The molecule has 1 aromatic heterocycles. The van der Waals surface area contributed by atoms with E-state index in [4.69, 9.17) is 12.0 Å². The Morgan fingerprint density at radius 3 is 2.22 bits per heavy atom. The Morgan fingerprint density at radius 2 is 1.70 bits per heavy atom. The topological polar surface area (TPSA) is 92.8 Å². The van der Waals surface area contributed by atoms with Gasteiger partial charge in [-0.1, -0.05) is 35.3 Å². The summed E-state index contributed by atoms with van der Waals surface area (Å²) in [6.07, 6.45) is 5.28. The zero-order chi connectivity index (χ0) is 17.0. The van der Waals surface area contributed by atoms with Gasteiger partial charge in [-0.15, -0.1) is 6.42 Å². The second kappa shape index (κ2) is 7.33. The van der Waals surface area contributed by atoms with Crippen LogP contribution < -0.4 is 11.1 Å². The van der Waals surface area contributed by atoms with Gasteiger partial charge in [0.2, 0.25) is 0 Å². The molecule has 9 heteroatoms. The number of benzene rings is 1. The fourth-order valence-corrected chi connectivity index (χ4v) is 2.68. The van der Waals surface area contributed by atoms with Gasteiger partial charge >= 0.3 is 0 Å². The SMILES string of the molecule is C#CCn1c(=O)c(Br)c(Br)c(=O)n1Cc1ccc(N=[N+]=[N-])cc1. The van der Waals surface area contributed by atoms with Gasteiger partial charge < -0.3 is 0 Å². The summed E-state index contributed by atoms with van der Waals surface area (Å²) in [4.78, 5) is 27.4. The molecule has 2 rings (SSSR count). The van der Waals surface area contributed by atoms with Gasteiger partial charge in [0.1, 0.15) is 15.5 Å². The molecule has 0 amide bonds. The maximum atomic E-state index is 12.4. The Bertz CT molecular complexity index is 947. The molecule has 0 aliphatic carbocycles. The van der Waals surface area contributed by atoms with Crippen LogP contribution in [0.4, 0.5) is 5.69 Å². The lowest BCUT2D eigenvalue weighted by Crippen LogP contribution is -2.39. The second-order valence-corrected chi connectivity index (χ2v) is 6.00. The molecule has 7 nitrogen and oxygen atoms in total. The van der Waals surface area contributed by atoms with Crippen LogP contribution >= 0.6 is 31.9 Å². The number of aromatic nitrogens is 2. The molecule has 0 N–H and O–H groups in total. The normalized spacial score (nSPS) is 9.96. The number of hydrogen-bond acceptors (Lipinski definition) is 3. The summed E-state index contributed by atoms with van der Waals surface area (Å²) in [5.41, 5.74) is 8.82. The Balaban J connectivity index is 2.55. The Morgan fingerprint density at radius 1 is 1.13 bits per heavy atom.